The summed E-state index contributed by atoms with van der Waals surface area (Å²) in [4.78, 5) is 38.9. The molecule has 0 saturated carbocycles. The number of nitrogens with one attached hydrogen (secondary N) is 2. The molecule has 0 spiro atoms. The van der Waals surface area contributed by atoms with Crippen LogP contribution in [0.2, 0.25) is 0 Å². The van der Waals surface area contributed by atoms with E-state index in [1.807, 2.05) is 37.3 Å². The number of rotatable bonds is 6. The standard InChI is InChI=1S/C26H22N4O4/c1-17-3-11-21(12-4-17)34-22-13-9-20(10-14-22)28-23(31)16-30-24(32)26(2,29-25(30)33)19-7-5-18(15-27)6-8-19/h3-14H,16H2,1-2H3,(H,28,31)(H,29,33). The molecule has 0 radical (unpaired) electrons. The van der Waals surface area contributed by atoms with Crippen LogP contribution in [0.4, 0.5) is 10.5 Å². The maximum atomic E-state index is 13.0. The van der Waals surface area contributed by atoms with Crippen LogP contribution in [0.3, 0.4) is 0 Å². The van der Waals surface area contributed by atoms with Gasteiger partial charge >= 0.3 is 6.03 Å². The lowest BCUT2D eigenvalue weighted by atomic mass is 9.91. The van der Waals surface area contributed by atoms with Gasteiger partial charge in [-0.3, -0.25) is 14.5 Å². The Morgan fingerprint density at radius 3 is 2.18 bits per heavy atom. The molecule has 8 nitrogen and oxygen atoms in total. The van der Waals surface area contributed by atoms with Gasteiger partial charge in [0.05, 0.1) is 11.6 Å². The molecule has 8 heteroatoms. The van der Waals surface area contributed by atoms with Crippen molar-refractivity contribution in [2.75, 3.05) is 11.9 Å². The smallest absolute Gasteiger partial charge is 0.325 e. The predicted octanol–water partition coefficient (Wildman–Crippen LogP) is 4.06. The van der Waals surface area contributed by atoms with E-state index in [-0.39, 0.29) is 0 Å². The molecule has 1 saturated heterocycles. The van der Waals surface area contributed by atoms with Crippen LogP contribution in [0.5, 0.6) is 11.5 Å². The van der Waals surface area contributed by atoms with E-state index in [1.54, 1.807) is 55.5 Å². The van der Waals surface area contributed by atoms with E-state index >= 15 is 0 Å². The number of aryl methyl sites for hydroxylation is 1. The number of urea groups is 1. The van der Waals surface area contributed by atoms with Gasteiger partial charge in [0, 0.05) is 5.69 Å². The molecule has 1 aliphatic heterocycles. The average molecular weight is 454 g/mol. The van der Waals surface area contributed by atoms with Crippen molar-refractivity contribution in [3.63, 3.8) is 0 Å². The molecule has 1 heterocycles. The number of hydrogen-bond donors (Lipinski definition) is 2. The lowest BCUT2D eigenvalue weighted by molar-refractivity contribution is -0.133. The first kappa shape index (κ1) is 22.6. The molecular weight excluding hydrogens is 432 g/mol. The molecule has 4 amide bonds. The fourth-order valence-electron chi connectivity index (χ4n) is 3.61. The molecule has 1 aliphatic rings. The maximum absolute atomic E-state index is 13.0. The molecule has 0 aliphatic carbocycles. The summed E-state index contributed by atoms with van der Waals surface area (Å²) in [6.45, 7) is 3.13. The molecule has 34 heavy (non-hydrogen) atoms. The van der Waals surface area contributed by atoms with Gasteiger partial charge in [-0.15, -0.1) is 0 Å². The molecule has 2 N–H and O–H groups in total. The van der Waals surface area contributed by atoms with Crippen LogP contribution in [0.1, 0.15) is 23.6 Å². The van der Waals surface area contributed by atoms with Gasteiger partial charge in [0.25, 0.3) is 5.91 Å². The third kappa shape index (κ3) is 4.59. The van der Waals surface area contributed by atoms with Crippen molar-refractivity contribution in [1.29, 1.82) is 5.26 Å². The summed E-state index contributed by atoms with van der Waals surface area (Å²) < 4.78 is 5.77. The summed E-state index contributed by atoms with van der Waals surface area (Å²) in [6, 6.07) is 22.1. The van der Waals surface area contributed by atoms with Crippen LogP contribution in [0.25, 0.3) is 0 Å². The fourth-order valence-corrected chi connectivity index (χ4v) is 3.61. The second-order valence-corrected chi connectivity index (χ2v) is 8.12. The first-order chi connectivity index (χ1) is 16.3. The Labute approximate surface area is 196 Å². The molecular formula is C26H22N4O4. The van der Waals surface area contributed by atoms with Crippen LogP contribution in [-0.4, -0.2) is 29.3 Å². The highest BCUT2D eigenvalue weighted by molar-refractivity contribution is 6.10. The van der Waals surface area contributed by atoms with Crippen molar-refractivity contribution in [2.45, 2.75) is 19.4 Å². The average Bonchev–Trinajstić information content (AvgIpc) is 3.05. The highest BCUT2D eigenvalue weighted by Gasteiger charge is 2.49. The first-order valence-electron chi connectivity index (χ1n) is 10.6. The van der Waals surface area contributed by atoms with E-state index in [0.717, 1.165) is 10.5 Å². The predicted molar refractivity (Wildman–Crippen MR) is 125 cm³/mol. The van der Waals surface area contributed by atoms with Crippen LogP contribution in [0, 0.1) is 18.3 Å². The number of nitrogens with zero attached hydrogens (tertiary/aromatic N) is 2. The van der Waals surface area contributed by atoms with Gasteiger partial charge in [0.1, 0.15) is 23.6 Å². The van der Waals surface area contributed by atoms with E-state index in [2.05, 4.69) is 10.6 Å². The normalized spacial score (nSPS) is 17.1. The molecule has 1 fully saturated rings. The maximum Gasteiger partial charge on any atom is 0.325 e. The highest BCUT2D eigenvalue weighted by Crippen LogP contribution is 2.29. The second-order valence-electron chi connectivity index (χ2n) is 8.12. The monoisotopic (exact) mass is 454 g/mol. The van der Waals surface area contributed by atoms with Crippen molar-refractivity contribution < 1.29 is 19.1 Å². The number of amides is 4. The Morgan fingerprint density at radius 2 is 1.59 bits per heavy atom. The number of ether oxygens (including phenoxy) is 1. The number of carbonyl (C=O) groups excluding carboxylic acids is 3. The van der Waals surface area contributed by atoms with Crippen LogP contribution in [0.15, 0.2) is 72.8 Å². The van der Waals surface area contributed by atoms with Crippen LogP contribution < -0.4 is 15.4 Å². The zero-order chi connectivity index (χ0) is 24.3. The minimum Gasteiger partial charge on any atom is -0.457 e. The number of hydrogen-bond acceptors (Lipinski definition) is 5. The molecule has 1 atom stereocenters. The van der Waals surface area contributed by atoms with E-state index in [0.29, 0.717) is 28.3 Å². The minimum atomic E-state index is -1.32. The van der Waals surface area contributed by atoms with E-state index in [9.17, 15) is 14.4 Å². The summed E-state index contributed by atoms with van der Waals surface area (Å²) in [5, 5.41) is 14.3. The Kier molecular flexibility index (Phi) is 6.02. The Bertz CT molecular complexity index is 1280. The summed E-state index contributed by atoms with van der Waals surface area (Å²) >= 11 is 0. The third-order valence-electron chi connectivity index (χ3n) is 5.56. The van der Waals surface area contributed by atoms with E-state index < -0.39 is 29.9 Å². The van der Waals surface area contributed by atoms with Gasteiger partial charge < -0.3 is 15.4 Å². The van der Waals surface area contributed by atoms with Crippen molar-refractivity contribution >= 4 is 23.5 Å². The van der Waals surface area contributed by atoms with Gasteiger partial charge in [-0.05, 0) is 67.9 Å². The van der Waals surface area contributed by atoms with Gasteiger partial charge in [-0.2, -0.15) is 5.26 Å². The molecule has 0 bridgehead atoms. The number of nitriles is 1. The lowest BCUT2D eigenvalue weighted by Crippen LogP contribution is -2.42. The first-order valence-corrected chi connectivity index (χ1v) is 10.6. The van der Waals surface area contributed by atoms with Gasteiger partial charge in [-0.1, -0.05) is 29.8 Å². The molecule has 0 aromatic heterocycles. The van der Waals surface area contributed by atoms with Crippen LogP contribution >= 0.6 is 0 Å². The molecule has 3 aromatic carbocycles. The quantitative estimate of drug-likeness (QED) is 0.546. The summed E-state index contributed by atoms with van der Waals surface area (Å²) in [5.74, 6) is 0.249. The minimum absolute atomic E-state index is 0.432. The Balaban J connectivity index is 1.38. The molecule has 4 rings (SSSR count). The zero-order valence-corrected chi connectivity index (χ0v) is 18.7. The highest BCUT2D eigenvalue weighted by atomic mass is 16.5. The van der Waals surface area contributed by atoms with E-state index in [4.69, 9.17) is 10.00 Å². The van der Waals surface area contributed by atoms with E-state index in [1.165, 1.54) is 0 Å². The van der Waals surface area contributed by atoms with Crippen molar-refractivity contribution in [3.05, 3.63) is 89.5 Å². The number of anilines is 1. The zero-order valence-electron chi connectivity index (χ0n) is 18.7. The second kappa shape index (κ2) is 9.08. The van der Waals surface area contributed by atoms with Gasteiger partial charge in [0.2, 0.25) is 5.91 Å². The molecule has 170 valence electrons. The SMILES string of the molecule is Cc1ccc(Oc2ccc(NC(=O)CN3C(=O)NC(C)(c4ccc(C#N)cc4)C3=O)cc2)cc1. The largest absolute Gasteiger partial charge is 0.457 e. The van der Waals surface area contributed by atoms with Gasteiger partial charge in [-0.25, -0.2) is 4.79 Å². The van der Waals surface area contributed by atoms with Crippen molar-refractivity contribution in [1.82, 2.24) is 10.2 Å². The summed E-state index contributed by atoms with van der Waals surface area (Å²) in [7, 11) is 0. The molecule has 3 aromatic rings. The Hall–Kier alpha value is -4.64. The summed E-state index contributed by atoms with van der Waals surface area (Å²) in [5.41, 5.74) is 1.28. The van der Waals surface area contributed by atoms with Crippen LogP contribution in [-0.2, 0) is 15.1 Å². The van der Waals surface area contributed by atoms with Gasteiger partial charge in [0.15, 0.2) is 0 Å². The summed E-state index contributed by atoms with van der Waals surface area (Å²) in [6.07, 6.45) is 0. The number of carbonyl (C=O) groups is 3. The number of benzene rings is 3. The number of imide groups is 1. The topological polar surface area (TPSA) is 112 Å². The van der Waals surface area contributed by atoms with Crippen molar-refractivity contribution in [2.24, 2.45) is 0 Å². The Morgan fingerprint density at radius 1 is 1.00 bits per heavy atom. The molecule has 1 unspecified atom stereocenters. The van der Waals surface area contributed by atoms with Crippen molar-refractivity contribution in [3.8, 4) is 17.6 Å². The lowest BCUT2D eigenvalue weighted by Gasteiger charge is -2.22. The third-order valence-corrected chi connectivity index (χ3v) is 5.56. The fraction of sp³-hybridized carbons (Fsp3) is 0.154.